The fourth-order valence-electron chi connectivity index (χ4n) is 1.54. The first-order valence-electron chi connectivity index (χ1n) is 5.53. The molecule has 0 saturated carbocycles. The average molecular weight is 330 g/mol. The van der Waals surface area contributed by atoms with Crippen molar-refractivity contribution in [3.05, 3.63) is 53.1 Å². The molecule has 6 nitrogen and oxygen atoms in total. The van der Waals surface area contributed by atoms with Crippen LogP contribution in [0.5, 0.6) is 0 Å². The Bertz CT molecular complexity index is 811. The number of nitrogens with zero attached hydrogens (tertiary/aromatic N) is 1. The quantitative estimate of drug-likeness (QED) is 0.834. The van der Waals surface area contributed by atoms with Gasteiger partial charge in [-0.15, -0.1) is 0 Å². The zero-order valence-electron chi connectivity index (χ0n) is 10.4. The molecule has 0 bridgehead atoms. The van der Waals surface area contributed by atoms with Gasteiger partial charge in [0.2, 0.25) is 0 Å². The lowest BCUT2D eigenvalue weighted by atomic mass is 10.2. The normalized spacial score (nSPS) is 11.1. The van der Waals surface area contributed by atoms with Crippen LogP contribution in [0.3, 0.4) is 0 Å². The van der Waals surface area contributed by atoms with Gasteiger partial charge in [-0.25, -0.2) is 17.8 Å². The molecule has 110 valence electrons. The van der Waals surface area contributed by atoms with Crippen molar-refractivity contribution in [3.63, 3.8) is 0 Å². The summed E-state index contributed by atoms with van der Waals surface area (Å²) < 4.78 is 39.7. The minimum Gasteiger partial charge on any atom is -0.366 e. The number of benzene rings is 1. The Balaban J connectivity index is 2.37. The number of nitrogens with two attached hydrogens (primary N) is 1. The Hall–Kier alpha value is -2.19. The van der Waals surface area contributed by atoms with Gasteiger partial charge in [0.25, 0.3) is 15.9 Å². The van der Waals surface area contributed by atoms with Gasteiger partial charge in [-0.1, -0.05) is 11.6 Å². The number of amides is 1. The zero-order chi connectivity index (χ0) is 15.6. The number of primary amides is 1. The molecule has 0 fully saturated rings. The molecule has 1 heterocycles. The Labute approximate surface area is 124 Å². The first-order chi connectivity index (χ1) is 9.79. The molecule has 2 aromatic rings. The molecule has 0 spiro atoms. The molecule has 0 aliphatic carbocycles. The number of nitrogens with one attached hydrogen (secondary N) is 1. The fraction of sp³-hybridized carbons (Fsp3) is 0. The first kappa shape index (κ1) is 15.2. The van der Waals surface area contributed by atoms with Crippen molar-refractivity contribution in [2.75, 3.05) is 4.72 Å². The highest BCUT2D eigenvalue weighted by molar-refractivity contribution is 7.92. The lowest BCUT2D eigenvalue weighted by Gasteiger charge is -2.09. The van der Waals surface area contributed by atoms with E-state index in [0.29, 0.717) is 0 Å². The Kier molecular flexibility index (Phi) is 4.10. The SMILES string of the molecule is NC(=O)c1cc(NS(=O)(=O)c2ccnc(Cl)c2)ccc1F. The molecule has 0 atom stereocenters. The van der Waals surface area contributed by atoms with Gasteiger partial charge in [0, 0.05) is 11.9 Å². The predicted octanol–water partition coefficient (Wildman–Crippen LogP) is 1.77. The molecule has 1 aromatic carbocycles. The van der Waals surface area contributed by atoms with E-state index in [-0.39, 0.29) is 15.7 Å². The smallest absolute Gasteiger partial charge is 0.262 e. The third-order valence-electron chi connectivity index (χ3n) is 2.49. The van der Waals surface area contributed by atoms with Crippen LogP contribution in [0.25, 0.3) is 0 Å². The van der Waals surface area contributed by atoms with E-state index in [4.69, 9.17) is 17.3 Å². The fourth-order valence-corrected chi connectivity index (χ4v) is 2.84. The van der Waals surface area contributed by atoms with Crippen molar-refractivity contribution in [1.29, 1.82) is 0 Å². The van der Waals surface area contributed by atoms with E-state index < -0.39 is 27.3 Å². The molecule has 21 heavy (non-hydrogen) atoms. The largest absolute Gasteiger partial charge is 0.366 e. The molecule has 0 aliphatic heterocycles. The molecule has 0 unspecified atom stereocenters. The highest BCUT2D eigenvalue weighted by Gasteiger charge is 2.17. The highest BCUT2D eigenvalue weighted by atomic mass is 35.5. The highest BCUT2D eigenvalue weighted by Crippen LogP contribution is 2.20. The van der Waals surface area contributed by atoms with Gasteiger partial charge in [-0.3, -0.25) is 9.52 Å². The molecule has 3 N–H and O–H groups in total. The van der Waals surface area contributed by atoms with Gasteiger partial charge in [0.05, 0.1) is 10.5 Å². The summed E-state index contributed by atoms with van der Waals surface area (Å²) in [5.41, 5.74) is 4.58. The second kappa shape index (κ2) is 5.66. The van der Waals surface area contributed by atoms with E-state index in [9.17, 15) is 17.6 Å². The molecule has 0 aliphatic rings. The number of halogens is 2. The minimum absolute atomic E-state index is 0.00173. The summed E-state index contributed by atoms with van der Waals surface area (Å²) in [6, 6.07) is 5.52. The Morgan fingerprint density at radius 2 is 2.00 bits per heavy atom. The number of pyridine rings is 1. The summed E-state index contributed by atoms with van der Waals surface area (Å²) in [5.74, 6) is -1.84. The van der Waals surface area contributed by atoms with Gasteiger partial charge >= 0.3 is 0 Å². The van der Waals surface area contributed by atoms with Gasteiger partial charge in [-0.2, -0.15) is 0 Å². The zero-order valence-corrected chi connectivity index (χ0v) is 12.0. The minimum atomic E-state index is -3.94. The van der Waals surface area contributed by atoms with Crippen LogP contribution in [-0.4, -0.2) is 19.3 Å². The van der Waals surface area contributed by atoms with Crippen molar-refractivity contribution in [3.8, 4) is 0 Å². The van der Waals surface area contributed by atoms with Gasteiger partial charge in [0.15, 0.2) is 0 Å². The van der Waals surface area contributed by atoms with Crippen molar-refractivity contribution in [2.24, 2.45) is 5.73 Å². The number of sulfonamides is 1. The van der Waals surface area contributed by atoms with E-state index in [1.807, 2.05) is 0 Å². The lowest BCUT2D eigenvalue weighted by Crippen LogP contribution is -2.16. The van der Waals surface area contributed by atoms with Crippen LogP contribution in [-0.2, 0) is 10.0 Å². The topological polar surface area (TPSA) is 102 Å². The number of carbonyl (C=O) groups excluding carboxylic acids is 1. The monoisotopic (exact) mass is 329 g/mol. The summed E-state index contributed by atoms with van der Waals surface area (Å²) in [6.07, 6.45) is 1.23. The summed E-state index contributed by atoms with van der Waals surface area (Å²) in [4.78, 5) is 14.6. The van der Waals surface area contributed by atoms with E-state index in [1.165, 1.54) is 18.3 Å². The number of aromatic nitrogens is 1. The predicted molar refractivity (Wildman–Crippen MR) is 75.0 cm³/mol. The third kappa shape index (κ3) is 3.47. The summed E-state index contributed by atoms with van der Waals surface area (Å²) in [6.45, 7) is 0. The van der Waals surface area contributed by atoms with Crippen LogP contribution >= 0.6 is 11.6 Å². The van der Waals surface area contributed by atoms with Crippen LogP contribution in [0.15, 0.2) is 41.4 Å². The second-order valence-electron chi connectivity index (χ2n) is 3.98. The van der Waals surface area contributed by atoms with Crippen LogP contribution < -0.4 is 10.5 Å². The Morgan fingerprint density at radius 1 is 1.29 bits per heavy atom. The maximum Gasteiger partial charge on any atom is 0.262 e. The molecule has 1 aromatic heterocycles. The molecular weight excluding hydrogens is 321 g/mol. The van der Waals surface area contributed by atoms with E-state index >= 15 is 0 Å². The van der Waals surface area contributed by atoms with Crippen LogP contribution in [0.4, 0.5) is 10.1 Å². The lowest BCUT2D eigenvalue weighted by molar-refractivity contribution is 0.0996. The third-order valence-corrected chi connectivity index (χ3v) is 4.08. The Morgan fingerprint density at radius 3 is 2.62 bits per heavy atom. The first-order valence-corrected chi connectivity index (χ1v) is 7.39. The molecule has 9 heteroatoms. The molecule has 0 radical (unpaired) electrons. The van der Waals surface area contributed by atoms with Crippen LogP contribution in [0, 0.1) is 5.82 Å². The number of hydrogen-bond acceptors (Lipinski definition) is 4. The van der Waals surface area contributed by atoms with Crippen molar-refractivity contribution in [1.82, 2.24) is 4.98 Å². The van der Waals surface area contributed by atoms with Crippen molar-refractivity contribution in [2.45, 2.75) is 4.90 Å². The van der Waals surface area contributed by atoms with Gasteiger partial charge in [-0.05, 0) is 30.3 Å². The van der Waals surface area contributed by atoms with Crippen molar-refractivity contribution < 1.29 is 17.6 Å². The number of rotatable bonds is 4. The number of hydrogen-bond donors (Lipinski definition) is 2. The van der Waals surface area contributed by atoms with E-state index in [1.54, 1.807) is 0 Å². The summed E-state index contributed by atoms with van der Waals surface area (Å²) >= 11 is 5.63. The summed E-state index contributed by atoms with van der Waals surface area (Å²) in [5, 5.41) is 0.00908. The maximum absolute atomic E-state index is 13.3. The standard InChI is InChI=1S/C12H9ClFN3O3S/c13-11-6-8(3-4-16-11)21(19,20)17-7-1-2-10(14)9(5-7)12(15)18/h1-6,17H,(H2,15,18). The van der Waals surface area contributed by atoms with Crippen LogP contribution in [0.2, 0.25) is 5.15 Å². The van der Waals surface area contributed by atoms with Gasteiger partial charge < -0.3 is 5.73 Å². The number of anilines is 1. The van der Waals surface area contributed by atoms with Gasteiger partial charge in [0.1, 0.15) is 11.0 Å². The average Bonchev–Trinajstić information content (AvgIpc) is 2.40. The molecule has 1 amide bonds. The van der Waals surface area contributed by atoms with Crippen molar-refractivity contribution >= 4 is 33.2 Å². The molecule has 0 saturated heterocycles. The summed E-state index contributed by atoms with van der Waals surface area (Å²) in [7, 11) is -3.94. The maximum atomic E-state index is 13.3. The van der Waals surface area contributed by atoms with E-state index in [2.05, 4.69) is 9.71 Å². The second-order valence-corrected chi connectivity index (χ2v) is 6.05. The number of carbonyl (C=O) groups is 1. The van der Waals surface area contributed by atoms with E-state index in [0.717, 1.165) is 18.2 Å². The molecular formula is C12H9ClFN3O3S. The molecule has 2 rings (SSSR count). The van der Waals surface area contributed by atoms with Crippen LogP contribution in [0.1, 0.15) is 10.4 Å².